The molecule has 22 heteroatoms. The fourth-order valence-corrected chi connectivity index (χ4v) is 6.39. The van der Waals surface area contributed by atoms with Crippen molar-refractivity contribution >= 4 is 64.5 Å². The Balaban J connectivity index is 6.46. The van der Waals surface area contributed by atoms with Crippen molar-refractivity contribution in [2.24, 2.45) is 63.6 Å². The predicted molar refractivity (Wildman–Crippen MR) is 222 cm³/mol. The van der Waals surface area contributed by atoms with Crippen LogP contribution in [0.3, 0.4) is 0 Å². The summed E-state index contributed by atoms with van der Waals surface area (Å²) >= 11 is 0. The normalized spacial score (nSPS) is 14.5. The van der Waals surface area contributed by atoms with E-state index in [1.54, 1.807) is 0 Å². The Bertz CT molecular complexity index is 1530. The summed E-state index contributed by atoms with van der Waals surface area (Å²) in [4.78, 5) is 140. The standard InChI is InChI=1S/C39H69N11O11/c1-22(51)27(5-2-16-40)48-37(59)24(9-13-34(45)56)20-31(53)29(7-4-18-42)50-39(61)25(10-14-35(46)57)21-32(54)28(6-3-17-41)49-38(60)23(8-12-33(44)55)19-30(52)26(43)11-15-36(47)58/h23-29H,2-21,40-43H2,1H3,(H2,44,55)(H2,45,56)(H2,46,57)(H2,47,58)(H,48,59)(H,49,60)(H,50,61)/t23-,24-,25-,26+,27+,28+,29+/m1/s1. The second-order valence-electron chi connectivity index (χ2n) is 15.3. The lowest BCUT2D eigenvalue weighted by molar-refractivity contribution is -0.136. The van der Waals surface area contributed by atoms with Gasteiger partial charge < -0.3 is 61.8 Å². The summed E-state index contributed by atoms with van der Waals surface area (Å²) < 4.78 is 0. The van der Waals surface area contributed by atoms with Gasteiger partial charge in [-0.3, -0.25) is 52.7 Å². The molecule has 0 aromatic heterocycles. The molecule has 346 valence electrons. The van der Waals surface area contributed by atoms with Gasteiger partial charge in [-0.25, -0.2) is 0 Å². The highest BCUT2D eigenvalue weighted by molar-refractivity contribution is 5.97. The fraction of sp³-hybridized carbons (Fsp3) is 0.718. The zero-order valence-corrected chi connectivity index (χ0v) is 35.3. The lowest BCUT2D eigenvalue weighted by atomic mass is 9.88. The van der Waals surface area contributed by atoms with Crippen LogP contribution in [0.4, 0.5) is 0 Å². The van der Waals surface area contributed by atoms with Crippen LogP contribution >= 0.6 is 0 Å². The molecule has 0 saturated heterocycles. The minimum Gasteiger partial charge on any atom is -0.370 e. The largest absolute Gasteiger partial charge is 0.370 e. The zero-order chi connectivity index (χ0) is 46.7. The summed E-state index contributed by atoms with van der Waals surface area (Å²) in [6, 6.07) is -4.52. The third-order valence-corrected chi connectivity index (χ3v) is 10.1. The number of primary amides is 4. The van der Waals surface area contributed by atoms with Crippen molar-refractivity contribution in [2.45, 2.75) is 140 Å². The summed E-state index contributed by atoms with van der Waals surface area (Å²) in [5.41, 5.74) is 44.0. The quantitative estimate of drug-likeness (QED) is 0.0287. The van der Waals surface area contributed by atoms with Gasteiger partial charge in [-0.1, -0.05) is 0 Å². The number of ketones is 4. The molecular formula is C39H69N11O11. The van der Waals surface area contributed by atoms with Crippen molar-refractivity contribution < 1.29 is 52.7 Å². The van der Waals surface area contributed by atoms with E-state index in [2.05, 4.69) is 16.0 Å². The first-order valence-electron chi connectivity index (χ1n) is 20.7. The number of amides is 7. The Hall–Kier alpha value is -5.19. The molecule has 0 heterocycles. The second-order valence-corrected chi connectivity index (χ2v) is 15.3. The first kappa shape index (κ1) is 55.8. The number of nitrogens with one attached hydrogen (secondary N) is 3. The first-order chi connectivity index (χ1) is 28.7. The maximum absolute atomic E-state index is 13.9. The van der Waals surface area contributed by atoms with Crippen LogP contribution in [-0.4, -0.2) is 108 Å². The van der Waals surface area contributed by atoms with E-state index in [0.29, 0.717) is 6.42 Å². The number of hydrogen-bond donors (Lipinski definition) is 11. The Labute approximate surface area is 356 Å². The average Bonchev–Trinajstić information content (AvgIpc) is 3.19. The lowest BCUT2D eigenvalue weighted by Crippen LogP contribution is -2.48. The number of rotatable bonds is 37. The Morgan fingerprint density at radius 1 is 0.410 bits per heavy atom. The van der Waals surface area contributed by atoms with Crippen LogP contribution in [0.25, 0.3) is 0 Å². The summed E-state index contributed by atoms with van der Waals surface area (Å²) in [7, 11) is 0. The number of nitrogens with two attached hydrogens (primary N) is 8. The summed E-state index contributed by atoms with van der Waals surface area (Å²) in [5, 5.41) is 7.84. The van der Waals surface area contributed by atoms with Gasteiger partial charge in [0.05, 0.1) is 24.2 Å². The van der Waals surface area contributed by atoms with Gasteiger partial charge in [0.1, 0.15) is 5.78 Å². The van der Waals surface area contributed by atoms with Crippen molar-refractivity contribution in [2.75, 3.05) is 19.6 Å². The highest BCUT2D eigenvalue weighted by atomic mass is 16.2. The van der Waals surface area contributed by atoms with E-state index >= 15 is 0 Å². The molecule has 0 rings (SSSR count). The molecule has 22 nitrogen and oxygen atoms in total. The highest BCUT2D eigenvalue weighted by Gasteiger charge is 2.34. The molecule has 0 aliphatic carbocycles. The molecule has 61 heavy (non-hydrogen) atoms. The Morgan fingerprint density at radius 3 is 0.984 bits per heavy atom. The summed E-state index contributed by atoms with van der Waals surface area (Å²) in [5.74, 6) is -11.0. The van der Waals surface area contributed by atoms with Gasteiger partial charge in [0, 0.05) is 62.7 Å². The second kappa shape index (κ2) is 30.8. The monoisotopic (exact) mass is 868 g/mol. The topological polar surface area (TPSA) is 432 Å². The minimum absolute atomic E-state index is 0.00289. The van der Waals surface area contributed by atoms with Crippen LogP contribution in [0.2, 0.25) is 0 Å². The van der Waals surface area contributed by atoms with Gasteiger partial charge in [-0.15, -0.1) is 0 Å². The van der Waals surface area contributed by atoms with Gasteiger partial charge in [-0.2, -0.15) is 0 Å². The maximum atomic E-state index is 13.9. The molecular weight excluding hydrogens is 798 g/mol. The van der Waals surface area contributed by atoms with Gasteiger partial charge in [0.15, 0.2) is 17.3 Å². The predicted octanol–water partition coefficient (Wildman–Crippen LogP) is -3.64. The lowest BCUT2D eigenvalue weighted by Gasteiger charge is -2.26. The zero-order valence-electron chi connectivity index (χ0n) is 35.3. The van der Waals surface area contributed by atoms with E-state index in [4.69, 9.17) is 45.9 Å². The molecule has 0 unspecified atom stereocenters. The van der Waals surface area contributed by atoms with Crippen molar-refractivity contribution in [3.63, 3.8) is 0 Å². The van der Waals surface area contributed by atoms with Crippen LogP contribution in [0.1, 0.15) is 116 Å². The molecule has 0 aliphatic heterocycles. The molecule has 7 atom stereocenters. The van der Waals surface area contributed by atoms with E-state index in [1.807, 2.05) is 0 Å². The van der Waals surface area contributed by atoms with Gasteiger partial charge in [-0.05, 0) is 90.8 Å². The average molecular weight is 868 g/mol. The van der Waals surface area contributed by atoms with Gasteiger partial charge in [0.2, 0.25) is 41.4 Å². The van der Waals surface area contributed by atoms with Gasteiger partial charge >= 0.3 is 0 Å². The van der Waals surface area contributed by atoms with Gasteiger partial charge in [0.25, 0.3) is 0 Å². The van der Waals surface area contributed by atoms with Crippen molar-refractivity contribution in [3.8, 4) is 0 Å². The smallest absolute Gasteiger partial charge is 0.224 e. The van der Waals surface area contributed by atoms with E-state index in [1.165, 1.54) is 6.92 Å². The van der Waals surface area contributed by atoms with E-state index in [9.17, 15) is 52.7 Å². The van der Waals surface area contributed by atoms with Crippen LogP contribution in [0.15, 0.2) is 0 Å². The fourth-order valence-electron chi connectivity index (χ4n) is 6.39. The first-order valence-corrected chi connectivity index (χ1v) is 20.7. The third kappa shape index (κ3) is 24.6. The molecule has 0 aromatic rings. The molecule has 0 spiro atoms. The molecule has 0 saturated carbocycles. The van der Waals surface area contributed by atoms with Crippen LogP contribution < -0.4 is 61.8 Å². The molecule has 0 fully saturated rings. The van der Waals surface area contributed by atoms with Crippen LogP contribution in [0.5, 0.6) is 0 Å². The van der Waals surface area contributed by atoms with Crippen molar-refractivity contribution in [1.29, 1.82) is 0 Å². The molecule has 0 aromatic carbocycles. The molecule has 0 bridgehead atoms. The Morgan fingerprint density at radius 2 is 0.689 bits per heavy atom. The summed E-state index contributed by atoms with van der Waals surface area (Å²) in [6.07, 6.45) is -1.99. The van der Waals surface area contributed by atoms with Crippen molar-refractivity contribution in [1.82, 2.24) is 16.0 Å². The van der Waals surface area contributed by atoms with Crippen LogP contribution in [-0.2, 0) is 52.7 Å². The van der Waals surface area contributed by atoms with E-state index < -0.39 is 120 Å². The Kier molecular flexibility index (Phi) is 28.2. The van der Waals surface area contributed by atoms with Crippen molar-refractivity contribution in [3.05, 3.63) is 0 Å². The number of carbonyl (C=O) groups excluding carboxylic acids is 11. The molecule has 0 aliphatic rings. The highest BCUT2D eigenvalue weighted by Crippen LogP contribution is 2.21. The summed E-state index contributed by atoms with van der Waals surface area (Å²) in [6.45, 7) is 1.77. The van der Waals surface area contributed by atoms with E-state index in [0.717, 1.165) is 0 Å². The number of carbonyl (C=O) groups is 11. The van der Waals surface area contributed by atoms with E-state index in [-0.39, 0.29) is 109 Å². The number of hydrogen-bond acceptors (Lipinski definition) is 15. The maximum Gasteiger partial charge on any atom is 0.224 e. The molecule has 0 radical (unpaired) electrons. The van der Waals surface area contributed by atoms with Crippen LogP contribution in [0, 0.1) is 17.8 Å². The molecule has 19 N–H and O–H groups in total. The third-order valence-electron chi connectivity index (χ3n) is 10.1. The minimum atomic E-state index is -1.26. The number of Topliss-reactive ketones (excluding diaryl/α,β-unsaturated/α-hetero) is 4. The molecule has 7 amide bonds. The SMILES string of the molecule is CC(=O)[C@H](CCCN)NC(=O)[C@H](CCC(N)=O)CC(=O)[C@H](CCCN)NC(=O)[C@H](CCC(N)=O)CC(=O)[C@H](CCCN)NC(=O)[C@H](CCC(N)=O)CC(=O)[C@@H](N)CCC(N)=O.